The molecule has 0 spiro atoms. The van der Waals surface area contributed by atoms with E-state index >= 15 is 0 Å². The molecule has 0 aromatic heterocycles. The van der Waals surface area contributed by atoms with Gasteiger partial charge in [0.05, 0.1) is 5.60 Å². The van der Waals surface area contributed by atoms with Gasteiger partial charge in [-0.05, 0) is 19.3 Å². The lowest BCUT2D eigenvalue weighted by atomic mass is 9.98. The number of rotatable bonds is 3. The number of nitrogens with one attached hydrogen (secondary N) is 2. The van der Waals surface area contributed by atoms with Crippen molar-refractivity contribution in [1.29, 1.82) is 0 Å². The molecule has 0 aromatic carbocycles. The molecule has 3 N–H and O–H groups in total. The second-order valence-corrected chi connectivity index (χ2v) is 4.56. The van der Waals surface area contributed by atoms with Gasteiger partial charge in [-0.1, -0.05) is 0 Å². The molecule has 1 unspecified atom stereocenters. The topological polar surface area (TPSA) is 56.8 Å². The van der Waals surface area contributed by atoms with Crippen molar-refractivity contribution >= 4 is 0 Å². The fraction of sp³-hybridized carbons (Fsp3) is 1.00. The summed E-state index contributed by atoms with van der Waals surface area (Å²) in [6, 6.07) is 0. The Kier molecular flexibility index (Phi) is 3.58. The van der Waals surface area contributed by atoms with Gasteiger partial charge < -0.3 is 9.84 Å². The number of ether oxygens (including phenoxy) is 1. The summed E-state index contributed by atoms with van der Waals surface area (Å²) < 4.78 is 5.39. The Balaban J connectivity index is 1.88. The van der Waals surface area contributed by atoms with Crippen LogP contribution in [0.4, 0.5) is 0 Å². The van der Waals surface area contributed by atoms with E-state index in [1.165, 1.54) is 6.42 Å². The maximum Gasteiger partial charge on any atom is 0.110 e. The van der Waals surface area contributed by atoms with Gasteiger partial charge in [-0.15, -0.1) is 0 Å². The van der Waals surface area contributed by atoms with Crippen LogP contribution in [0.15, 0.2) is 0 Å². The third-order valence-corrected chi connectivity index (χ3v) is 3.33. The van der Waals surface area contributed by atoms with Crippen molar-refractivity contribution in [2.45, 2.75) is 31.1 Å². The van der Waals surface area contributed by atoms with Gasteiger partial charge in [-0.3, -0.25) is 15.8 Å². The molecular formula is C10H21N3O2. The van der Waals surface area contributed by atoms with E-state index in [4.69, 9.17) is 4.74 Å². The summed E-state index contributed by atoms with van der Waals surface area (Å²) in [5, 5.41) is 10.3. The smallest absolute Gasteiger partial charge is 0.110 e. The number of hydrogen-bond acceptors (Lipinski definition) is 5. The molecule has 2 atom stereocenters. The van der Waals surface area contributed by atoms with E-state index in [9.17, 15) is 5.11 Å². The monoisotopic (exact) mass is 215 g/mol. The molecule has 5 heteroatoms. The van der Waals surface area contributed by atoms with E-state index in [1.54, 1.807) is 7.11 Å². The number of nitrogens with zero attached hydrogens (tertiary/aromatic N) is 1. The average Bonchev–Trinajstić information content (AvgIpc) is 2.65. The van der Waals surface area contributed by atoms with Gasteiger partial charge in [0.1, 0.15) is 6.23 Å². The predicted molar refractivity (Wildman–Crippen MR) is 57.2 cm³/mol. The number of hydrogen-bond donors (Lipinski definition) is 3. The van der Waals surface area contributed by atoms with Gasteiger partial charge in [-0.2, -0.15) is 0 Å². The predicted octanol–water partition coefficient (Wildman–Crippen LogP) is -0.716. The van der Waals surface area contributed by atoms with Crippen molar-refractivity contribution in [2.24, 2.45) is 0 Å². The van der Waals surface area contributed by atoms with Crippen LogP contribution in [0, 0.1) is 0 Å². The molecule has 0 bridgehead atoms. The van der Waals surface area contributed by atoms with Gasteiger partial charge >= 0.3 is 0 Å². The first-order valence-corrected chi connectivity index (χ1v) is 5.68. The van der Waals surface area contributed by atoms with Gasteiger partial charge in [0.25, 0.3) is 0 Å². The Bertz CT molecular complexity index is 207. The number of aliphatic hydroxyl groups is 1. The molecule has 2 aliphatic rings. The van der Waals surface area contributed by atoms with E-state index in [1.807, 2.05) is 0 Å². The molecule has 2 heterocycles. The van der Waals surface area contributed by atoms with Crippen molar-refractivity contribution in [3.05, 3.63) is 0 Å². The summed E-state index contributed by atoms with van der Waals surface area (Å²) in [6.45, 7) is 3.18. The van der Waals surface area contributed by atoms with Crippen molar-refractivity contribution in [3.8, 4) is 0 Å². The van der Waals surface area contributed by atoms with Crippen LogP contribution >= 0.6 is 0 Å². The van der Waals surface area contributed by atoms with Gasteiger partial charge in [0, 0.05) is 33.3 Å². The van der Waals surface area contributed by atoms with Crippen LogP contribution in [0.25, 0.3) is 0 Å². The third kappa shape index (κ3) is 2.68. The molecule has 0 aromatic rings. The molecule has 2 saturated heterocycles. The second-order valence-electron chi connectivity index (χ2n) is 4.56. The second kappa shape index (κ2) is 4.76. The Morgan fingerprint density at radius 3 is 3.07 bits per heavy atom. The maximum atomic E-state index is 10.3. The molecule has 2 fully saturated rings. The lowest BCUT2D eigenvalue weighted by Gasteiger charge is -2.37. The van der Waals surface area contributed by atoms with E-state index < -0.39 is 5.60 Å². The number of β-amino-alcohol motifs (C(OH)–C–C–N with tert-alkyl or cyclic N) is 1. The van der Waals surface area contributed by atoms with Gasteiger partial charge in [0.15, 0.2) is 0 Å². The minimum absolute atomic E-state index is 0.198. The first-order chi connectivity index (χ1) is 7.23. The largest absolute Gasteiger partial charge is 0.387 e. The SMILES string of the molecule is CO[C@H]1CCCN1CC1(O)CCNNC1. The molecule has 0 radical (unpaired) electrons. The normalized spacial score (nSPS) is 38.4. The fourth-order valence-corrected chi connectivity index (χ4v) is 2.46. The highest BCUT2D eigenvalue weighted by Crippen LogP contribution is 2.22. The lowest BCUT2D eigenvalue weighted by molar-refractivity contribution is -0.0695. The van der Waals surface area contributed by atoms with E-state index in [0.29, 0.717) is 13.1 Å². The summed E-state index contributed by atoms with van der Waals surface area (Å²) in [4.78, 5) is 2.24. The minimum Gasteiger partial charge on any atom is -0.387 e. The Labute approximate surface area is 90.7 Å². The van der Waals surface area contributed by atoms with Crippen LogP contribution in [-0.4, -0.2) is 55.1 Å². The zero-order chi connectivity index (χ0) is 10.7. The lowest BCUT2D eigenvalue weighted by Crippen LogP contribution is -2.58. The van der Waals surface area contributed by atoms with Crippen LogP contribution in [0.3, 0.4) is 0 Å². The molecule has 88 valence electrons. The maximum absolute atomic E-state index is 10.3. The molecule has 0 aliphatic carbocycles. The zero-order valence-corrected chi connectivity index (χ0v) is 9.33. The van der Waals surface area contributed by atoms with Crippen LogP contribution in [0.1, 0.15) is 19.3 Å². The molecule has 2 aliphatic heterocycles. The van der Waals surface area contributed by atoms with E-state index in [0.717, 1.165) is 25.9 Å². The summed E-state index contributed by atoms with van der Waals surface area (Å²) in [5.74, 6) is 0. The summed E-state index contributed by atoms with van der Waals surface area (Å²) in [7, 11) is 1.74. The summed E-state index contributed by atoms with van der Waals surface area (Å²) >= 11 is 0. The number of methoxy groups -OCH3 is 1. The third-order valence-electron chi connectivity index (χ3n) is 3.33. The van der Waals surface area contributed by atoms with Crippen LogP contribution < -0.4 is 10.9 Å². The van der Waals surface area contributed by atoms with Crippen molar-refractivity contribution in [2.75, 3.05) is 33.3 Å². The highest BCUT2D eigenvalue weighted by Gasteiger charge is 2.35. The van der Waals surface area contributed by atoms with Crippen LogP contribution in [-0.2, 0) is 4.74 Å². The molecule has 2 rings (SSSR count). The Hall–Kier alpha value is -0.200. The minimum atomic E-state index is -0.605. The Morgan fingerprint density at radius 1 is 1.53 bits per heavy atom. The first-order valence-electron chi connectivity index (χ1n) is 5.68. The highest BCUT2D eigenvalue weighted by atomic mass is 16.5. The van der Waals surface area contributed by atoms with E-state index in [2.05, 4.69) is 15.8 Å². The van der Waals surface area contributed by atoms with Gasteiger partial charge in [-0.25, -0.2) is 0 Å². The summed E-state index contributed by atoms with van der Waals surface area (Å²) in [6.07, 6.45) is 3.25. The quantitative estimate of drug-likeness (QED) is 0.580. The van der Waals surface area contributed by atoms with Crippen molar-refractivity contribution in [3.63, 3.8) is 0 Å². The Morgan fingerprint density at radius 2 is 2.40 bits per heavy atom. The molecule has 0 amide bonds. The molecule has 0 saturated carbocycles. The van der Waals surface area contributed by atoms with Crippen LogP contribution in [0.5, 0.6) is 0 Å². The number of hydrazine groups is 1. The first kappa shape index (κ1) is 11.3. The zero-order valence-electron chi connectivity index (χ0n) is 9.33. The standard InChI is InChI=1S/C10H21N3O2/c1-15-9-3-2-6-13(9)8-10(14)4-5-11-12-7-10/h9,11-12,14H,2-8H2,1H3/t9-,10?/m0/s1. The number of likely N-dealkylation sites (tertiary alicyclic amines) is 1. The highest BCUT2D eigenvalue weighted by molar-refractivity contribution is 4.89. The fourth-order valence-electron chi connectivity index (χ4n) is 2.46. The summed E-state index contributed by atoms with van der Waals surface area (Å²) in [5.41, 5.74) is 5.44. The van der Waals surface area contributed by atoms with E-state index in [-0.39, 0.29) is 6.23 Å². The van der Waals surface area contributed by atoms with Crippen LogP contribution in [0.2, 0.25) is 0 Å². The molecule has 5 nitrogen and oxygen atoms in total. The average molecular weight is 215 g/mol. The van der Waals surface area contributed by atoms with Crippen molar-refractivity contribution < 1.29 is 9.84 Å². The van der Waals surface area contributed by atoms with Crippen molar-refractivity contribution in [1.82, 2.24) is 15.8 Å². The molecule has 15 heavy (non-hydrogen) atoms. The molecular weight excluding hydrogens is 194 g/mol. The van der Waals surface area contributed by atoms with Gasteiger partial charge in [0.2, 0.25) is 0 Å².